The second-order valence-electron chi connectivity index (χ2n) is 5.78. The Kier molecular flexibility index (Phi) is 3.43. The Bertz CT molecular complexity index is 1010. The van der Waals surface area contributed by atoms with Gasteiger partial charge in [0, 0.05) is 11.1 Å². The van der Waals surface area contributed by atoms with E-state index in [1.54, 1.807) is 12.1 Å². The van der Waals surface area contributed by atoms with Crippen LogP contribution in [0.2, 0.25) is 0 Å². The highest BCUT2D eigenvalue weighted by Crippen LogP contribution is 2.41. The molecule has 0 bridgehead atoms. The van der Waals surface area contributed by atoms with E-state index in [-0.39, 0.29) is 11.5 Å². The van der Waals surface area contributed by atoms with Gasteiger partial charge in [0.25, 0.3) is 0 Å². The van der Waals surface area contributed by atoms with Gasteiger partial charge in [0.15, 0.2) is 0 Å². The first-order chi connectivity index (χ1) is 11.7. The van der Waals surface area contributed by atoms with Gasteiger partial charge >= 0.3 is 0 Å². The molecule has 0 aromatic heterocycles. The fourth-order valence-corrected chi connectivity index (χ4v) is 3.11. The predicted molar refractivity (Wildman–Crippen MR) is 98.1 cm³/mol. The van der Waals surface area contributed by atoms with Crippen LogP contribution in [0.4, 0.5) is 0 Å². The standard InChI is InChI=1S/C22H16O2/c23-20-12-11-17-13-18(15-7-3-1-4-8-15)21(24)14-19(17)22(20)16-9-5-2-6-10-16/h1-14,23-24H. The zero-order valence-electron chi connectivity index (χ0n) is 13.0. The molecule has 4 aromatic rings. The van der Waals surface area contributed by atoms with Crippen LogP contribution in [0, 0.1) is 0 Å². The number of rotatable bonds is 2. The normalized spacial score (nSPS) is 10.8. The molecule has 2 N–H and O–H groups in total. The third-order valence-corrected chi connectivity index (χ3v) is 4.26. The van der Waals surface area contributed by atoms with Gasteiger partial charge in [0.05, 0.1) is 0 Å². The number of fused-ring (bicyclic) bond motifs is 1. The molecule has 4 rings (SSSR count). The summed E-state index contributed by atoms with van der Waals surface area (Å²) < 4.78 is 0. The van der Waals surface area contributed by atoms with Crippen LogP contribution in [0.1, 0.15) is 0 Å². The molecule has 0 radical (unpaired) electrons. The van der Waals surface area contributed by atoms with Gasteiger partial charge in [-0.1, -0.05) is 66.7 Å². The van der Waals surface area contributed by atoms with Crippen LogP contribution in [-0.4, -0.2) is 10.2 Å². The van der Waals surface area contributed by atoms with Gasteiger partial charge in [-0.3, -0.25) is 0 Å². The second-order valence-corrected chi connectivity index (χ2v) is 5.78. The summed E-state index contributed by atoms with van der Waals surface area (Å²) in [5.74, 6) is 0.414. The summed E-state index contributed by atoms with van der Waals surface area (Å²) in [4.78, 5) is 0. The Morgan fingerprint density at radius 1 is 0.542 bits per heavy atom. The Hall–Kier alpha value is -3.26. The molecule has 116 valence electrons. The molecule has 0 atom stereocenters. The maximum absolute atomic E-state index is 10.5. The summed E-state index contributed by atoms with van der Waals surface area (Å²) in [5, 5.41) is 22.7. The van der Waals surface area contributed by atoms with Gasteiger partial charge < -0.3 is 10.2 Å². The van der Waals surface area contributed by atoms with Crippen LogP contribution < -0.4 is 0 Å². The highest BCUT2D eigenvalue weighted by Gasteiger charge is 2.13. The van der Waals surface area contributed by atoms with Gasteiger partial charge in [0.2, 0.25) is 0 Å². The maximum atomic E-state index is 10.5. The lowest BCUT2D eigenvalue weighted by molar-refractivity contribution is 0.476. The van der Waals surface area contributed by atoms with Crippen molar-refractivity contribution in [1.29, 1.82) is 0 Å². The lowest BCUT2D eigenvalue weighted by Crippen LogP contribution is -1.86. The van der Waals surface area contributed by atoms with Gasteiger partial charge in [-0.25, -0.2) is 0 Å². The van der Waals surface area contributed by atoms with Crippen molar-refractivity contribution >= 4 is 10.8 Å². The average molecular weight is 312 g/mol. The van der Waals surface area contributed by atoms with Crippen molar-refractivity contribution in [3.05, 3.63) is 84.9 Å². The molecule has 0 aliphatic rings. The number of hydrogen-bond donors (Lipinski definition) is 2. The minimum atomic E-state index is 0.205. The van der Waals surface area contributed by atoms with Crippen LogP contribution in [-0.2, 0) is 0 Å². The Morgan fingerprint density at radius 3 is 1.83 bits per heavy atom. The van der Waals surface area contributed by atoms with Crippen molar-refractivity contribution in [2.24, 2.45) is 0 Å². The smallest absolute Gasteiger partial charge is 0.124 e. The van der Waals surface area contributed by atoms with Crippen molar-refractivity contribution < 1.29 is 10.2 Å². The molecular formula is C22H16O2. The maximum Gasteiger partial charge on any atom is 0.124 e. The van der Waals surface area contributed by atoms with Crippen LogP contribution in [0.25, 0.3) is 33.0 Å². The number of benzene rings is 4. The van der Waals surface area contributed by atoms with Crippen molar-refractivity contribution in [2.75, 3.05) is 0 Å². The molecule has 4 aromatic carbocycles. The largest absolute Gasteiger partial charge is 0.507 e. The quantitative estimate of drug-likeness (QED) is 0.507. The second kappa shape index (κ2) is 5.74. The molecule has 0 unspecified atom stereocenters. The van der Waals surface area contributed by atoms with Gasteiger partial charge in [-0.2, -0.15) is 0 Å². The summed E-state index contributed by atoms with van der Waals surface area (Å²) in [7, 11) is 0. The predicted octanol–water partition coefficient (Wildman–Crippen LogP) is 5.59. The molecular weight excluding hydrogens is 296 g/mol. The monoisotopic (exact) mass is 312 g/mol. The third-order valence-electron chi connectivity index (χ3n) is 4.26. The van der Waals surface area contributed by atoms with E-state index < -0.39 is 0 Å². The Morgan fingerprint density at radius 2 is 1.17 bits per heavy atom. The van der Waals surface area contributed by atoms with Crippen molar-refractivity contribution in [3.8, 4) is 33.8 Å². The first kappa shape index (κ1) is 14.3. The van der Waals surface area contributed by atoms with E-state index in [1.165, 1.54) is 0 Å². The lowest BCUT2D eigenvalue weighted by atomic mass is 9.94. The first-order valence-electron chi connectivity index (χ1n) is 7.83. The van der Waals surface area contributed by atoms with E-state index in [0.29, 0.717) is 0 Å². The topological polar surface area (TPSA) is 40.5 Å². The fraction of sp³-hybridized carbons (Fsp3) is 0. The number of aromatic hydroxyl groups is 2. The summed E-state index contributed by atoms with van der Waals surface area (Å²) in [6.07, 6.45) is 0. The molecule has 0 amide bonds. The lowest BCUT2D eigenvalue weighted by Gasteiger charge is -2.12. The number of phenols is 2. The highest BCUT2D eigenvalue weighted by atomic mass is 16.3. The van der Waals surface area contributed by atoms with Crippen LogP contribution in [0.5, 0.6) is 11.5 Å². The van der Waals surface area contributed by atoms with E-state index >= 15 is 0 Å². The third kappa shape index (κ3) is 2.38. The summed E-state index contributed by atoms with van der Waals surface area (Å²) in [5.41, 5.74) is 3.41. The molecule has 2 heteroatoms. The molecule has 0 fully saturated rings. The van der Waals surface area contributed by atoms with E-state index in [1.807, 2.05) is 72.8 Å². The van der Waals surface area contributed by atoms with Gasteiger partial charge in [-0.15, -0.1) is 0 Å². The molecule has 0 saturated carbocycles. The molecule has 0 spiro atoms. The first-order valence-corrected chi connectivity index (χ1v) is 7.83. The molecule has 0 aliphatic carbocycles. The summed E-state index contributed by atoms with van der Waals surface area (Å²) in [6.45, 7) is 0. The minimum absolute atomic E-state index is 0.205. The van der Waals surface area contributed by atoms with Crippen molar-refractivity contribution in [1.82, 2.24) is 0 Å². The zero-order chi connectivity index (χ0) is 16.5. The van der Waals surface area contributed by atoms with E-state index in [2.05, 4.69) is 0 Å². The zero-order valence-corrected chi connectivity index (χ0v) is 13.0. The summed E-state index contributed by atoms with van der Waals surface area (Å²) >= 11 is 0. The van der Waals surface area contributed by atoms with Crippen LogP contribution in [0.3, 0.4) is 0 Å². The fourth-order valence-electron chi connectivity index (χ4n) is 3.11. The van der Waals surface area contributed by atoms with Crippen LogP contribution in [0.15, 0.2) is 84.9 Å². The summed E-state index contributed by atoms with van der Waals surface area (Å²) in [6, 6.07) is 26.8. The van der Waals surface area contributed by atoms with Crippen molar-refractivity contribution in [2.45, 2.75) is 0 Å². The molecule has 24 heavy (non-hydrogen) atoms. The number of phenolic OH excluding ortho intramolecular Hbond substituents is 2. The molecule has 2 nitrogen and oxygen atoms in total. The van der Waals surface area contributed by atoms with Gasteiger partial charge in [-0.05, 0) is 40.1 Å². The van der Waals surface area contributed by atoms with E-state index in [0.717, 1.165) is 33.0 Å². The van der Waals surface area contributed by atoms with Crippen LogP contribution >= 0.6 is 0 Å². The Labute approximate surface area is 140 Å². The van der Waals surface area contributed by atoms with Gasteiger partial charge in [0.1, 0.15) is 11.5 Å². The van der Waals surface area contributed by atoms with Crippen molar-refractivity contribution in [3.63, 3.8) is 0 Å². The molecule has 0 saturated heterocycles. The SMILES string of the molecule is Oc1cc2c(-c3ccccc3)c(O)ccc2cc1-c1ccccc1. The number of hydrogen-bond acceptors (Lipinski definition) is 2. The Balaban J connectivity index is 2.00. The molecule has 0 heterocycles. The average Bonchev–Trinajstić information content (AvgIpc) is 2.63. The minimum Gasteiger partial charge on any atom is -0.507 e. The molecule has 0 aliphatic heterocycles. The van der Waals surface area contributed by atoms with E-state index in [9.17, 15) is 10.2 Å². The highest BCUT2D eigenvalue weighted by molar-refractivity contribution is 6.02. The van der Waals surface area contributed by atoms with E-state index in [4.69, 9.17) is 0 Å².